The summed E-state index contributed by atoms with van der Waals surface area (Å²) in [5, 5.41) is 8.08. The second-order valence-corrected chi connectivity index (χ2v) is 6.55. The van der Waals surface area contributed by atoms with Crippen LogP contribution in [0.25, 0.3) is 5.69 Å². The number of anilines is 1. The van der Waals surface area contributed by atoms with Crippen LogP contribution in [0.5, 0.6) is 0 Å². The summed E-state index contributed by atoms with van der Waals surface area (Å²) in [4.78, 5) is 25.8. The molecule has 24 heavy (non-hydrogen) atoms. The van der Waals surface area contributed by atoms with Crippen molar-refractivity contribution in [2.45, 2.75) is 20.3 Å². The molecule has 1 aromatic carbocycles. The van der Waals surface area contributed by atoms with Crippen molar-refractivity contribution in [1.82, 2.24) is 14.7 Å². The first-order valence-electron chi connectivity index (χ1n) is 7.74. The zero-order valence-electron chi connectivity index (χ0n) is 13.8. The number of hydrogen-bond acceptors (Lipinski definition) is 3. The number of rotatable bonds is 3. The van der Waals surface area contributed by atoms with Gasteiger partial charge in [0.1, 0.15) is 5.82 Å². The van der Waals surface area contributed by atoms with E-state index in [4.69, 9.17) is 11.6 Å². The fraction of sp³-hybridized carbons (Fsp3) is 0.353. The first kappa shape index (κ1) is 16.5. The molecule has 0 saturated carbocycles. The van der Waals surface area contributed by atoms with E-state index >= 15 is 0 Å². The Morgan fingerprint density at radius 2 is 1.96 bits per heavy atom. The molecule has 2 amide bonds. The highest BCUT2D eigenvalue weighted by molar-refractivity contribution is 6.30. The van der Waals surface area contributed by atoms with Crippen molar-refractivity contribution in [3.8, 4) is 5.69 Å². The van der Waals surface area contributed by atoms with Crippen LogP contribution in [0.3, 0.4) is 0 Å². The number of aryl methyl sites for hydroxylation is 1. The summed E-state index contributed by atoms with van der Waals surface area (Å²) in [6, 6.07) is 7.24. The molecule has 1 saturated heterocycles. The minimum absolute atomic E-state index is 0.00531. The Morgan fingerprint density at radius 1 is 1.29 bits per heavy atom. The van der Waals surface area contributed by atoms with Crippen molar-refractivity contribution in [3.05, 3.63) is 40.5 Å². The Kier molecular flexibility index (Phi) is 4.32. The van der Waals surface area contributed by atoms with E-state index in [2.05, 4.69) is 10.4 Å². The fourth-order valence-electron chi connectivity index (χ4n) is 2.78. The second kappa shape index (κ2) is 6.28. The van der Waals surface area contributed by atoms with Crippen LogP contribution >= 0.6 is 11.6 Å². The standard InChI is InChI=1S/C17H19ClN4O2/c1-10-11(2)20-22(14-6-4-13(18)5-7-14)16(10)19-17(24)12-8-15(23)21(3)9-12/h4-7,12H,8-9H2,1-3H3,(H,19,24)/t12-/m0/s1. The van der Waals surface area contributed by atoms with E-state index in [0.717, 1.165) is 16.9 Å². The van der Waals surface area contributed by atoms with Crippen molar-refractivity contribution in [2.24, 2.45) is 5.92 Å². The van der Waals surface area contributed by atoms with Gasteiger partial charge >= 0.3 is 0 Å². The van der Waals surface area contributed by atoms with Crippen LogP contribution in [0.2, 0.25) is 5.02 Å². The van der Waals surface area contributed by atoms with Crippen LogP contribution in [0, 0.1) is 19.8 Å². The Labute approximate surface area is 145 Å². The van der Waals surface area contributed by atoms with Gasteiger partial charge in [0.15, 0.2) is 0 Å². The topological polar surface area (TPSA) is 67.2 Å². The number of amides is 2. The maximum absolute atomic E-state index is 12.6. The predicted molar refractivity (Wildman–Crippen MR) is 92.4 cm³/mol. The van der Waals surface area contributed by atoms with E-state index in [0.29, 0.717) is 17.4 Å². The van der Waals surface area contributed by atoms with Gasteiger partial charge in [0.05, 0.1) is 17.3 Å². The third-order valence-electron chi connectivity index (χ3n) is 4.38. The molecule has 1 aliphatic heterocycles. The van der Waals surface area contributed by atoms with Gasteiger partial charge in [0.2, 0.25) is 11.8 Å². The van der Waals surface area contributed by atoms with Gasteiger partial charge in [-0.3, -0.25) is 9.59 Å². The van der Waals surface area contributed by atoms with E-state index in [1.54, 1.807) is 28.8 Å². The average Bonchev–Trinajstić information content (AvgIpc) is 3.02. The van der Waals surface area contributed by atoms with Crippen molar-refractivity contribution in [1.29, 1.82) is 0 Å². The molecule has 3 rings (SSSR count). The molecular formula is C17H19ClN4O2. The SMILES string of the molecule is Cc1nn(-c2ccc(Cl)cc2)c(NC(=O)[C@H]2CC(=O)N(C)C2)c1C. The lowest BCUT2D eigenvalue weighted by Gasteiger charge is -2.13. The summed E-state index contributed by atoms with van der Waals surface area (Å²) < 4.78 is 1.69. The summed E-state index contributed by atoms with van der Waals surface area (Å²) in [7, 11) is 1.71. The number of nitrogens with one attached hydrogen (secondary N) is 1. The lowest BCUT2D eigenvalue weighted by atomic mass is 10.1. The molecule has 1 N–H and O–H groups in total. The normalized spacial score (nSPS) is 17.4. The number of carbonyl (C=O) groups is 2. The van der Waals surface area contributed by atoms with E-state index in [1.165, 1.54) is 0 Å². The molecular weight excluding hydrogens is 328 g/mol. The molecule has 6 nitrogen and oxygen atoms in total. The molecule has 1 aromatic heterocycles. The molecule has 2 aromatic rings. The molecule has 7 heteroatoms. The Balaban J connectivity index is 1.89. The predicted octanol–water partition coefficient (Wildman–Crippen LogP) is 2.56. The van der Waals surface area contributed by atoms with Gasteiger partial charge in [0, 0.05) is 30.6 Å². The molecule has 126 valence electrons. The fourth-order valence-corrected chi connectivity index (χ4v) is 2.90. The van der Waals surface area contributed by atoms with E-state index in [9.17, 15) is 9.59 Å². The number of nitrogens with zero attached hydrogens (tertiary/aromatic N) is 3. The number of carbonyl (C=O) groups excluding carboxylic acids is 2. The van der Waals surface area contributed by atoms with Crippen LogP contribution in [0.4, 0.5) is 5.82 Å². The maximum Gasteiger partial charge on any atom is 0.230 e. The van der Waals surface area contributed by atoms with Gasteiger partial charge in [0.25, 0.3) is 0 Å². The van der Waals surface area contributed by atoms with Gasteiger partial charge in [-0.1, -0.05) is 11.6 Å². The van der Waals surface area contributed by atoms with Crippen molar-refractivity contribution in [2.75, 3.05) is 18.9 Å². The average molecular weight is 347 g/mol. The zero-order valence-corrected chi connectivity index (χ0v) is 14.6. The Morgan fingerprint density at radius 3 is 2.54 bits per heavy atom. The number of hydrogen-bond donors (Lipinski definition) is 1. The maximum atomic E-state index is 12.6. The summed E-state index contributed by atoms with van der Waals surface area (Å²) in [5.41, 5.74) is 2.54. The number of likely N-dealkylation sites (tertiary alicyclic amines) is 1. The van der Waals surface area contributed by atoms with Crippen LogP contribution in [0.1, 0.15) is 17.7 Å². The van der Waals surface area contributed by atoms with Gasteiger partial charge in [-0.05, 0) is 38.1 Å². The molecule has 1 atom stereocenters. The van der Waals surface area contributed by atoms with Crippen LogP contribution in [0.15, 0.2) is 24.3 Å². The van der Waals surface area contributed by atoms with Crippen molar-refractivity contribution in [3.63, 3.8) is 0 Å². The van der Waals surface area contributed by atoms with Gasteiger partial charge in [-0.2, -0.15) is 5.10 Å². The van der Waals surface area contributed by atoms with Crippen molar-refractivity contribution >= 4 is 29.2 Å². The summed E-state index contributed by atoms with van der Waals surface area (Å²) in [6.07, 6.45) is 0.245. The van der Waals surface area contributed by atoms with Gasteiger partial charge in [-0.25, -0.2) is 4.68 Å². The van der Waals surface area contributed by atoms with Gasteiger partial charge < -0.3 is 10.2 Å². The largest absolute Gasteiger partial charge is 0.345 e. The number of benzene rings is 1. The monoisotopic (exact) mass is 346 g/mol. The minimum atomic E-state index is -0.337. The van der Waals surface area contributed by atoms with Crippen molar-refractivity contribution < 1.29 is 9.59 Å². The highest BCUT2D eigenvalue weighted by atomic mass is 35.5. The highest BCUT2D eigenvalue weighted by Gasteiger charge is 2.33. The molecule has 0 unspecified atom stereocenters. The Hall–Kier alpha value is -2.34. The van der Waals surface area contributed by atoms with E-state index in [-0.39, 0.29) is 24.2 Å². The summed E-state index contributed by atoms with van der Waals surface area (Å²) in [6.45, 7) is 4.25. The Bertz CT molecular complexity index is 798. The van der Waals surface area contributed by atoms with E-state index in [1.807, 2.05) is 26.0 Å². The van der Waals surface area contributed by atoms with Crippen LogP contribution in [-0.2, 0) is 9.59 Å². The highest BCUT2D eigenvalue weighted by Crippen LogP contribution is 2.25. The van der Waals surface area contributed by atoms with Crippen LogP contribution < -0.4 is 5.32 Å². The van der Waals surface area contributed by atoms with Crippen LogP contribution in [-0.4, -0.2) is 40.1 Å². The molecule has 0 spiro atoms. The first-order chi connectivity index (χ1) is 11.4. The smallest absolute Gasteiger partial charge is 0.230 e. The second-order valence-electron chi connectivity index (χ2n) is 6.11. The summed E-state index contributed by atoms with van der Waals surface area (Å²) in [5.74, 6) is 0.123. The molecule has 0 aliphatic carbocycles. The summed E-state index contributed by atoms with van der Waals surface area (Å²) >= 11 is 5.94. The molecule has 0 bridgehead atoms. The molecule has 1 aliphatic rings. The first-order valence-corrected chi connectivity index (χ1v) is 8.11. The third-order valence-corrected chi connectivity index (χ3v) is 4.64. The minimum Gasteiger partial charge on any atom is -0.345 e. The number of halogens is 1. The lowest BCUT2D eigenvalue weighted by Crippen LogP contribution is -2.27. The number of aromatic nitrogens is 2. The third kappa shape index (κ3) is 3.01. The molecule has 0 radical (unpaired) electrons. The zero-order chi connectivity index (χ0) is 17.4. The van der Waals surface area contributed by atoms with E-state index < -0.39 is 0 Å². The lowest BCUT2D eigenvalue weighted by molar-refractivity contribution is -0.127. The molecule has 1 fully saturated rings. The molecule has 2 heterocycles. The van der Waals surface area contributed by atoms with Gasteiger partial charge in [-0.15, -0.1) is 0 Å². The quantitative estimate of drug-likeness (QED) is 0.928.